The lowest BCUT2D eigenvalue weighted by atomic mass is 10.1. The van der Waals surface area contributed by atoms with Crippen molar-refractivity contribution in [1.29, 1.82) is 0 Å². The van der Waals surface area contributed by atoms with E-state index < -0.39 is 10.0 Å². The van der Waals surface area contributed by atoms with Gasteiger partial charge in [-0.15, -0.1) is 0 Å². The number of sulfonamides is 1. The Morgan fingerprint density at radius 2 is 2.16 bits per heavy atom. The van der Waals surface area contributed by atoms with E-state index in [2.05, 4.69) is 5.32 Å². The normalized spacial score (nSPS) is 18.8. The number of nitrogens with one attached hydrogen (secondary N) is 1. The molecule has 1 atom stereocenters. The molecule has 5 nitrogen and oxygen atoms in total. The van der Waals surface area contributed by atoms with Crippen LogP contribution in [0.3, 0.4) is 0 Å². The Morgan fingerprint density at radius 3 is 2.84 bits per heavy atom. The smallest absolute Gasteiger partial charge is 0.214 e. The van der Waals surface area contributed by atoms with Crippen molar-refractivity contribution in [2.75, 3.05) is 26.4 Å². The molecule has 1 unspecified atom stereocenters. The first-order valence-electron chi connectivity index (χ1n) is 6.36. The van der Waals surface area contributed by atoms with Crippen molar-refractivity contribution in [3.05, 3.63) is 29.3 Å². The summed E-state index contributed by atoms with van der Waals surface area (Å²) >= 11 is 0. The van der Waals surface area contributed by atoms with Gasteiger partial charge in [0.1, 0.15) is 5.75 Å². The number of benzene rings is 1. The van der Waals surface area contributed by atoms with Gasteiger partial charge in [0.25, 0.3) is 0 Å². The quantitative estimate of drug-likeness (QED) is 0.841. The molecule has 106 valence electrons. The molecule has 1 aliphatic carbocycles. The number of phenolic OH excluding ortho intramolecular Hbond substituents is 1. The molecule has 2 N–H and O–H groups in total. The molecule has 6 heteroatoms. The Hall–Kier alpha value is -1.11. The highest BCUT2D eigenvalue weighted by Crippen LogP contribution is 2.35. The van der Waals surface area contributed by atoms with Crippen molar-refractivity contribution in [1.82, 2.24) is 9.62 Å². The van der Waals surface area contributed by atoms with Crippen LogP contribution >= 0.6 is 0 Å². The maximum atomic E-state index is 11.6. The number of phenols is 1. The van der Waals surface area contributed by atoms with E-state index in [4.69, 9.17) is 0 Å². The van der Waals surface area contributed by atoms with Gasteiger partial charge in [-0.2, -0.15) is 0 Å². The van der Waals surface area contributed by atoms with Crippen molar-refractivity contribution in [3.8, 4) is 5.75 Å². The molecular formula is C13H20N2O3S. The molecule has 19 heavy (non-hydrogen) atoms. The predicted molar refractivity (Wildman–Crippen MR) is 74.6 cm³/mol. The van der Waals surface area contributed by atoms with Crippen LogP contribution in [-0.2, 0) is 16.4 Å². The molecule has 0 amide bonds. The molecule has 1 aromatic carbocycles. The molecule has 0 bridgehead atoms. The molecule has 1 aromatic rings. The largest absolute Gasteiger partial charge is 0.508 e. The van der Waals surface area contributed by atoms with Gasteiger partial charge < -0.3 is 10.4 Å². The third kappa shape index (κ3) is 3.08. The topological polar surface area (TPSA) is 69.6 Å². The fourth-order valence-corrected chi connectivity index (χ4v) is 3.13. The van der Waals surface area contributed by atoms with Crippen molar-refractivity contribution in [2.24, 2.45) is 0 Å². The maximum Gasteiger partial charge on any atom is 0.214 e. The van der Waals surface area contributed by atoms with Crippen LogP contribution in [0.1, 0.15) is 23.6 Å². The second kappa shape index (κ2) is 5.48. The summed E-state index contributed by atoms with van der Waals surface area (Å²) in [6.45, 7) is 0.417. The van der Waals surface area contributed by atoms with Crippen LogP contribution in [0.4, 0.5) is 0 Å². The van der Waals surface area contributed by atoms with E-state index in [1.54, 1.807) is 6.07 Å². The van der Waals surface area contributed by atoms with E-state index in [0.29, 0.717) is 12.3 Å². The van der Waals surface area contributed by atoms with E-state index in [0.717, 1.165) is 24.0 Å². The molecular weight excluding hydrogens is 264 g/mol. The molecule has 0 saturated carbocycles. The first-order chi connectivity index (χ1) is 8.92. The number of nitrogens with zero attached hydrogens (tertiary/aromatic N) is 1. The minimum atomic E-state index is -3.15. The summed E-state index contributed by atoms with van der Waals surface area (Å²) in [5, 5.41) is 13.0. The van der Waals surface area contributed by atoms with Gasteiger partial charge in [-0.1, -0.05) is 12.1 Å². The zero-order valence-corrected chi connectivity index (χ0v) is 12.1. The van der Waals surface area contributed by atoms with E-state index in [1.807, 2.05) is 12.1 Å². The second-order valence-electron chi connectivity index (χ2n) is 4.99. The first kappa shape index (κ1) is 14.3. The molecule has 1 aliphatic rings. The van der Waals surface area contributed by atoms with Gasteiger partial charge in [-0.25, -0.2) is 12.7 Å². The molecule has 0 radical (unpaired) electrons. The van der Waals surface area contributed by atoms with Gasteiger partial charge in [-0.3, -0.25) is 0 Å². The minimum Gasteiger partial charge on any atom is -0.508 e. The first-order valence-corrected chi connectivity index (χ1v) is 7.97. The summed E-state index contributed by atoms with van der Waals surface area (Å²) in [4.78, 5) is 0. The lowest BCUT2D eigenvalue weighted by Gasteiger charge is -2.16. The van der Waals surface area contributed by atoms with Crippen LogP contribution in [0, 0.1) is 0 Å². The third-order valence-corrected chi connectivity index (χ3v) is 5.39. The fourth-order valence-electron chi connectivity index (χ4n) is 2.39. The maximum absolute atomic E-state index is 11.6. The highest BCUT2D eigenvalue weighted by molar-refractivity contribution is 7.89. The highest BCUT2D eigenvalue weighted by atomic mass is 32.2. The standard InChI is InChI=1S/C13H20N2O3S/c1-15(2)19(17,18)9-8-14-12-7-6-11-10(12)4-3-5-13(11)16/h3-5,12,14,16H,6-9H2,1-2H3. The summed E-state index contributed by atoms with van der Waals surface area (Å²) in [6.07, 6.45) is 1.73. The van der Waals surface area contributed by atoms with Gasteiger partial charge in [0, 0.05) is 26.7 Å². The molecule has 0 aromatic heterocycles. The van der Waals surface area contributed by atoms with Crippen molar-refractivity contribution in [2.45, 2.75) is 18.9 Å². The average Bonchev–Trinajstić information content (AvgIpc) is 2.74. The summed E-state index contributed by atoms with van der Waals surface area (Å²) in [5.41, 5.74) is 2.07. The number of aromatic hydroxyl groups is 1. The van der Waals surface area contributed by atoms with E-state index in [-0.39, 0.29) is 11.8 Å². The van der Waals surface area contributed by atoms with E-state index >= 15 is 0 Å². The minimum absolute atomic E-state index is 0.0879. The lowest BCUT2D eigenvalue weighted by Crippen LogP contribution is -2.32. The summed E-state index contributed by atoms with van der Waals surface area (Å²) in [6, 6.07) is 5.64. The second-order valence-corrected chi connectivity index (χ2v) is 7.29. The van der Waals surface area contributed by atoms with Gasteiger partial charge in [0.05, 0.1) is 5.75 Å². The number of hydrogen-bond acceptors (Lipinski definition) is 4. The summed E-state index contributed by atoms with van der Waals surface area (Å²) in [5.74, 6) is 0.424. The number of fused-ring (bicyclic) bond motifs is 1. The van der Waals surface area contributed by atoms with Gasteiger partial charge in [0.15, 0.2) is 0 Å². The van der Waals surface area contributed by atoms with Crippen LogP contribution in [0.25, 0.3) is 0 Å². The summed E-state index contributed by atoms with van der Waals surface area (Å²) < 4.78 is 24.5. The average molecular weight is 284 g/mol. The van der Waals surface area contributed by atoms with Crippen LogP contribution in [0.5, 0.6) is 5.75 Å². The predicted octanol–water partition coefficient (Wildman–Crippen LogP) is 0.860. The number of rotatable bonds is 5. The molecule has 0 saturated heterocycles. The van der Waals surface area contributed by atoms with Gasteiger partial charge >= 0.3 is 0 Å². The monoisotopic (exact) mass is 284 g/mol. The van der Waals surface area contributed by atoms with Crippen LogP contribution in [-0.4, -0.2) is 44.2 Å². The van der Waals surface area contributed by atoms with Gasteiger partial charge in [0.2, 0.25) is 10.0 Å². The fraction of sp³-hybridized carbons (Fsp3) is 0.538. The Balaban J connectivity index is 1.96. The Morgan fingerprint density at radius 1 is 1.42 bits per heavy atom. The molecule has 2 rings (SSSR count). The Bertz CT molecular complexity index is 555. The molecule has 0 fully saturated rings. The van der Waals surface area contributed by atoms with Crippen LogP contribution in [0.2, 0.25) is 0 Å². The zero-order valence-electron chi connectivity index (χ0n) is 11.3. The van der Waals surface area contributed by atoms with E-state index in [1.165, 1.54) is 18.4 Å². The Labute approximate surface area is 114 Å². The molecule has 0 heterocycles. The Kier molecular flexibility index (Phi) is 4.13. The lowest BCUT2D eigenvalue weighted by molar-refractivity contribution is 0.469. The van der Waals surface area contributed by atoms with Crippen LogP contribution in [0.15, 0.2) is 18.2 Å². The highest BCUT2D eigenvalue weighted by Gasteiger charge is 2.24. The van der Waals surface area contributed by atoms with Crippen molar-refractivity contribution in [3.63, 3.8) is 0 Å². The van der Waals surface area contributed by atoms with Crippen molar-refractivity contribution < 1.29 is 13.5 Å². The van der Waals surface area contributed by atoms with Crippen molar-refractivity contribution >= 4 is 10.0 Å². The molecule has 0 spiro atoms. The molecule has 0 aliphatic heterocycles. The van der Waals surface area contributed by atoms with E-state index in [9.17, 15) is 13.5 Å². The van der Waals surface area contributed by atoms with Gasteiger partial charge in [-0.05, 0) is 30.0 Å². The third-order valence-electron chi connectivity index (χ3n) is 3.55. The summed E-state index contributed by atoms with van der Waals surface area (Å²) in [7, 11) is -0.0741. The zero-order chi connectivity index (χ0) is 14.0. The SMILES string of the molecule is CN(C)S(=O)(=O)CCNC1CCc2c(O)cccc21. The van der Waals surface area contributed by atoms with Crippen LogP contribution < -0.4 is 5.32 Å². The number of hydrogen-bond donors (Lipinski definition) is 2.